The van der Waals surface area contributed by atoms with Gasteiger partial charge in [-0.2, -0.15) is 0 Å². The zero-order valence-corrected chi connectivity index (χ0v) is 12.1. The van der Waals surface area contributed by atoms with Gasteiger partial charge in [-0.25, -0.2) is 0 Å². The highest BCUT2D eigenvalue weighted by Gasteiger charge is 2.10. The summed E-state index contributed by atoms with van der Waals surface area (Å²) in [6.45, 7) is 0.714. The highest BCUT2D eigenvalue weighted by molar-refractivity contribution is 9.10. The van der Waals surface area contributed by atoms with Crippen LogP contribution in [-0.2, 0) is 11.3 Å². The highest BCUT2D eigenvalue weighted by Crippen LogP contribution is 2.17. The molecule has 1 aromatic carbocycles. The Bertz CT molecular complexity index is 373. The van der Waals surface area contributed by atoms with Crippen molar-refractivity contribution in [1.29, 1.82) is 0 Å². The van der Waals surface area contributed by atoms with Crippen molar-refractivity contribution in [3.05, 3.63) is 34.3 Å². The normalized spacial score (nSPS) is 10.3. The maximum atomic E-state index is 11.7. The molecule has 94 valence electrons. The van der Waals surface area contributed by atoms with Crippen molar-refractivity contribution >= 4 is 33.6 Å². The van der Waals surface area contributed by atoms with E-state index in [4.69, 9.17) is 5.11 Å². The topological polar surface area (TPSA) is 40.5 Å². The third kappa shape index (κ3) is 5.10. The zero-order chi connectivity index (χ0) is 12.7. The van der Waals surface area contributed by atoms with Crippen molar-refractivity contribution in [3.8, 4) is 0 Å². The van der Waals surface area contributed by atoms with E-state index in [1.807, 2.05) is 24.3 Å². The van der Waals surface area contributed by atoms with Gasteiger partial charge in [0.1, 0.15) is 0 Å². The Labute approximate surface area is 114 Å². The molecule has 0 atom stereocenters. The smallest absolute Gasteiger partial charge is 0.232 e. The van der Waals surface area contributed by atoms with E-state index in [0.717, 1.165) is 10.0 Å². The molecule has 0 aliphatic rings. The average Bonchev–Trinajstić information content (AvgIpc) is 2.32. The fraction of sp³-hybridized carbons (Fsp3) is 0.417. The number of rotatable bonds is 6. The SMILES string of the molecule is CN(Cc1ccccc1Br)C(=O)CSCCO. The molecule has 1 rings (SSSR count). The van der Waals surface area contributed by atoms with Crippen molar-refractivity contribution in [3.63, 3.8) is 0 Å². The van der Waals surface area contributed by atoms with Crippen molar-refractivity contribution < 1.29 is 9.90 Å². The van der Waals surface area contributed by atoms with E-state index in [2.05, 4.69) is 15.9 Å². The van der Waals surface area contributed by atoms with Crippen LogP contribution in [0.15, 0.2) is 28.7 Å². The van der Waals surface area contributed by atoms with Crippen LogP contribution in [0.3, 0.4) is 0 Å². The largest absolute Gasteiger partial charge is 0.396 e. The molecule has 0 aromatic heterocycles. The first-order chi connectivity index (χ1) is 8.15. The van der Waals surface area contributed by atoms with Crippen LogP contribution in [0.4, 0.5) is 0 Å². The number of amides is 1. The van der Waals surface area contributed by atoms with Gasteiger partial charge in [0, 0.05) is 23.8 Å². The Hall–Kier alpha value is -0.520. The van der Waals surface area contributed by atoms with E-state index in [0.29, 0.717) is 18.1 Å². The number of aliphatic hydroxyl groups excluding tert-OH is 1. The summed E-state index contributed by atoms with van der Waals surface area (Å²) in [5, 5.41) is 8.64. The molecule has 0 aliphatic heterocycles. The second-order valence-corrected chi connectivity index (χ2v) is 5.58. The van der Waals surface area contributed by atoms with Gasteiger partial charge in [0.15, 0.2) is 0 Å². The summed E-state index contributed by atoms with van der Waals surface area (Å²) in [6.07, 6.45) is 0. The van der Waals surface area contributed by atoms with Crippen molar-refractivity contribution in [1.82, 2.24) is 4.90 Å². The molecule has 0 radical (unpaired) electrons. The number of halogens is 1. The van der Waals surface area contributed by atoms with Crippen molar-refractivity contribution in [2.75, 3.05) is 25.2 Å². The van der Waals surface area contributed by atoms with Gasteiger partial charge in [-0.05, 0) is 11.6 Å². The summed E-state index contributed by atoms with van der Waals surface area (Å²) in [4.78, 5) is 13.4. The van der Waals surface area contributed by atoms with Crippen molar-refractivity contribution in [2.24, 2.45) is 0 Å². The molecule has 1 amide bonds. The van der Waals surface area contributed by atoms with Gasteiger partial charge in [-0.1, -0.05) is 34.1 Å². The fourth-order valence-electron chi connectivity index (χ4n) is 1.30. The van der Waals surface area contributed by atoms with E-state index in [1.165, 1.54) is 11.8 Å². The van der Waals surface area contributed by atoms with Gasteiger partial charge in [0.25, 0.3) is 0 Å². The van der Waals surface area contributed by atoms with Gasteiger partial charge in [0.05, 0.1) is 12.4 Å². The minimum atomic E-state index is 0.0826. The van der Waals surface area contributed by atoms with Gasteiger partial charge in [0.2, 0.25) is 5.91 Å². The van der Waals surface area contributed by atoms with Crippen molar-refractivity contribution in [2.45, 2.75) is 6.54 Å². The Morgan fingerprint density at radius 3 is 2.82 bits per heavy atom. The predicted octanol–water partition coefficient (Wildman–Crippen LogP) is 2.13. The summed E-state index contributed by atoms with van der Waals surface area (Å²) in [5.41, 5.74) is 1.09. The number of aliphatic hydroxyl groups is 1. The van der Waals surface area contributed by atoms with E-state index in [1.54, 1.807) is 11.9 Å². The highest BCUT2D eigenvalue weighted by atomic mass is 79.9. The molecule has 3 nitrogen and oxygen atoms in total. The molecule has 1 aromatic rings. The van der Waals surface area contributed by atoms with Gasteiger partial charge < -0.3 is 10.0 Å². The predicted molar refractivity (Wildman–Crippen MR) is 75.0 cm³/mol. The molecule has 5 heteroatoms. The summed E-state index contributed by atoms with van der Waals surface area (Å²) in [5.74, 6) is 1.11. The Morgan fingerprint density at radius 1 is 1.47 bits per heavy atom. The number of carbonyl (C=O) groups excluding carboxylic acids is 1. The van der Waals surface area contributed by atoms with E-state index in [9.17, 15) is 4.79 Å². The number of benzene rings is 1. The number of hydrogen-bond donors (Lipinski definition) is 1. The molecule has 0 saturated heterocycles. The zero-order valence-electron chi connectivity index (χ0n) is 9.73. The Morgan fingerprint density at radius 2 is 2.18 bits per heavy atom. The summed E-state index contributed by atoms with van der Waals surface area (Å²) in [7, 11) is 1.79. The Kier molecular flexibility index (Phi) is 6.62. The molecule has 0 fully saturated rings. The summed E-state index contributed by atoms with van der Waals surface area (Å²) in [6, 6.07) is 7.87. The first-order valence-electron chi connectivity index (χ1n) is 5.31. The number of carbonyl (C=O) groups is 1. The van der Waals surface area contributed by atoms with E-state index >= 15 is 0 Å². The minimum Gasteiger partial charge on any atom is -0.396 e. The van der Waals surface area contributed by atoms with Crippen LogP contribution < -0.4 is 0 Å². The lowest BCUT2D eigenvalue weighted by molar-refractivity contribution is -0.127. The molecule has 0 unspecified atom stereocenters. The van der Waals surface area contributed by atoms with Crippen LogP contribution in [0.25, 0.3) is 0 Å². The van der Waals surface area contributed by atoms with Crippen LogP contribution >= 0.6 is 27.7 Å². The third-order valence-electron chi connectivity index (χ3n) is 2.25. The standard InChI is InChI=1S/C12H16BrNO2S/c1-14(12(16)9-17-7-6-15)8-10-4-2-3-5-11(10)13/h2-5,15H,6-9H2,1H3. The molecule has 0 heterocycles. The van der Waals surface area contributed by atoms with Gasteiger partial charge >= 0.3 is 0 Å². The van der Waals surface area contributed by atoms with Gasteiger partial charge in [-0.15, -0.1) is 11.8 Å². The first-order valence-corrected chi connectivity index (χ1v) is 7.26. The van der Waals surface area contributed by atoms with Crippen LogP contribution in [-0.4, -0.2) is 41.1 Å². The lowest BCUT2D eigenvalue weighted by atomic mass is 10.2. The summed E-state index contributed by atoms with van der Waals surface area (Å²) >= 11 is 4.91. The minimum absolute atomic E-state index is 0.0826. The van der Waals surface area contributed by atoms with Crippen LogP contribution in [0, 0.1) is 0 Å². The molecular formula is C12H16BrNO2S. The molecule has 0 bridgehead atoms. The van der Waals surface area contributed by atoms with E-state index in [-0.39, 0.29) is 12.5 Å². The summed E-state index contributed by atoms with van der Waals surface area (Å²) < 4.78 is 1.02. The fourth-order valence-corrected chi connectivity index (χ4v) is 2.38. The van der Waals surface area contributed by atoms with Crippen LogP contribution in [0.1, 0.15) is 5.56 Å². The van der Waals surface area contributed by atoms with Crippen LogP contribution in [0.2, 0.25) is 0 Å². The first kappa shape index (κ1) is 14.5. The quantitative estimate of drug-likeness (QED) is 0.817. The number of hydrogen-bond acceptors (Lipinski definition) is 3. The molecular weight excluding hydrogens is 302 g/mol. The Balaban J connectivity index is 2.46. The third-order valence-corrected chi connectivity index (χ3v) is 3.95. The maximum absolute atomic E-state index is 11.7. The number of thioether (sulfide) groups is 1. The second kappa shape index (κ2) is 7.74. The van der Waals surface area contributed by atoms with Gasteiger partial charge in [-0.3, -0.25) is 4.79 Å². The lowest BCUT2D eigenvalue weighted by Crippen LogP contribution is -2.28. The molecule has 17 heavy (non-hydrogen) atoms. The average molecular weight is 318 g/mol. The molecule has 0 aliphatic carbocycles. The number of nitrogens with zero attached hydrogens (tertiary/aromatic N) is 1. The molecule has 0 spiro atoms. The lowest BCUT2D eigenvalue weighted by Gasteiger charge is -2.17. The maximum Gasteiger partial charge on any atom is 0.232 e. The molecule has 0 saturated carbocycles. The van der Waals surface area contributed by atoms with Crippen LogP contribution in [0.5, 0.6) is 0 Å². The monoisotopic (exact) mass is 317 g/mol. The molecule has 1 N–H and O–H groups in total. The van der Waals surface area contributed by atoms with E-state index < -0.39 is 0 Å². The second-order valence-electron chi connectivity index (χ2n) is 3.62.